The van der Waals surface area contributed by atoms with E-state index in [1.165, 1.54) is 5.57 Å². The first kappa shape index (κ1) is 11.9. The van der Waals surface area contributed by atoms with Gasteiger partial charge in [0.25, 0.3) is 6.47 Å². The Morgan fingerprint density at radius 3 is 2.69 bits per heavy atom. The van der Waals surface area contributed by atoms with Crippen LogP contribution in [0.25, 0.3) is 0 Å². The molecule has 0 amide bonds. The molecule has 0 atom stereocenters. The number of hydrogen-bond donors (Lipinski definition) is 0. The zero-order valence-electron chi connectivity index (χ0n) is 8.29. The minimum Gasteiger partial charge on any atom is -0.468 e. The fourth-order valence-corrected chi connectivity index (χ4v) is 1.10. The first-order valence-corrected chi connectivity index (χ1v) is 4.68. The quantitative estimate of drug-likeness (QED) is 0.328. The van der Waals surface area contributed by atoms with Crippen molar-refractivity contribution in [2.45, 2.75) is 32.6 Å². The molecule has 0 saturated heterocycles. The molecule has 0 aliphatic carbocycles. The third-order valence-electron chi connectivity index (χ3n) is 1.93. The summed E-state index contributed by atoms with van der Waals surface area (Å²) in [5, 5.41) is 0. The van der Waals surface area contributed by atoms with Crippen LogP contribution in [0.5, 0.6) is 0 Å². The third-order valence-corrected chi connectivity index (χ3v) is 1.93. The summed E-state index contributed by atoms with van der Waals surface area (Å²) in [6.07, 6.45) is 8.22. The monoisotopic (exact) mass is 182 g/mol. The van der Waals surface area contributed by atoms with E-state index in [4.69, 9.17) is 0 Å². The standard InChI is InChI=1S/C11H18O2/c1-3-11(4-2)8-6-5-7-9-13-10-12/h3-4,10H,1,5-9H2,2H3/b11-4+. The van der Waals surface area contributed by atoms with E-state index >= 15 is 0 Å². The van der Waals surface area contributed by atoms with Gasteiger partial charge in [0.2, 0.25) is 0 Å². The van der Waals surface area contributed by atoms with Crippen LogP contribution >= 0.6 is 0 Å². The van der Waals surface area contributed by atoms with Gasteiger partial charge in [-0.1, -0.05) is 24.3 Å². The van der Waals surface area contributed by atoms with Gasteiger partial charge in [-0.2, -0.15) is 0 Å². The predicted molar refractivity (Wildman–Crippen MR) is 54.4 cm³/mol. The molecule has 0 spiro atoms. The maximum Gasteiger partial charge on any atom is 0.293 e. The average molecular weight is 182 g/mol. The summed E-state index contributed by atoms with van der Waals surface area (Å²) in [4.78, 5) is 9.79. The van der Waals surface area contributed by atoms with Crippen molar-refractivity contribution in [3.8, 4) is 0 Å². The second-order valence-corrected chi connectivity index (χ2v) is 2.85. The molecule has 0 fully saturated rings. The van der Waals surface area contributed by atoms with Crippen molar-refractivity contribution in [1.29, 1.82) is 0 Å². The highest BCUT2D eigenvalue weighted by atomic mass is 16.5. The van der Waals surface area contributed by atoms with Crippen LogP contribution in [0.3, 0.4) is 0 Å². The molecule has 0 heterocycles. The van der Waals surface area contributed by atoms with E-state index in [2.05, 4.69) is 17.4 Å². The lowest BCUT2D eigenvalue weighted by atomic mass is 10.1. The van der Waals surface area contributed by atoms with E-state index in [1.807, 2.05) is 13.0 Å². The van der Waals surface area contributed by atoms with E-state index < -0.39 is 0 Å². The smallest absolute Gasteiger partial charge is 0.293 e. The maximum atomic E-state index is 9.79. The fraction of sp³-hybridized carbons (Fsp3) is 0.545. The van der Waals surface area contributed by atoms with Crippen molar-refractivity contribution in [1.82, 2.24) is 0 Å². The van der Waals surface area contributed by atoms with Crippen molar-refractivity contribution in [2.24, 2.45) is 0 Å². The maximum absolute atomic E-state index is 9.79. The summed E-state index contributed by atoms with van der Waals surface area (Å²) in [5.41, 5.74) is 1.29. The molecule has 13 heavy (non-hydrogen) atoms. The molecule has 0 N–H and O–H groups in total. The molecule has 0 bridgehead atoms. The molecule has 0 rings (SSSR count). The lowest BCUT2D eigenvalue weighted by Crippen LogP contribution is -1.91. The van der Waals surface area contributed by atoms with Crippen LogP contribution in [0, 0.1) is 0 Å². The number of carbonyl (C=O) groups is 1. The van der Waals surface area contributed by atoms with Crippen molar-refractivity contribution in [3.05, 3.63) is 24.3 Å². The van der Waals surface area contributed by atoms with Gasteiger partial charge in [0, 0.05) is 0 Å². The van der Waals surface area contributed by atoms with Crippen LogP contribution in [-0.2, 0) is 9.53 Å². The summed E-state index contributed by atoms with van der Waals surface area (Å²) >= 11 is 0. The number of ether oxygens (including phenoxy) is 1. The Labute approximate surface area is 80.3 Å². The van der Waals surface area contributed by atoms with Gasteiger partial charge in [0.05, 0.1) is 6.61 Å². The Morgan fingerprint density at radius 2 is 2.15 bits per heavy atom. The molecule has 74 valence electrons. The number of rotatable bonds is 8. The molecule has 0 aromatic rings. The van der Waals surface area contributed by atoms with E-state index in [0.29, 0.717) is 13.1 Å². The number of allylic oxidation sites excluding steroid dienone is 3. The molecular formula is C11H18O2. The molecule has 0 radical (unpaired) electrons. The number of carbonyl (C=O) groups excluding carboxylic acids is 1. The second-order valence-electron chi connectivity index (χ2n) is 2.85. The molecular weight excluding hydrogens is 164 g/mol. The van der Waals surface area contributed by atoms with Crippen LogP contribution in [0.4, 0.5) is 0 Å². The van der Waals surface area contributed by atoms with Crippen LogP contribution in [0.15, 0.2) is 24.3 Å². The van der Waals surface area contributed by atoms with Crippen LogP contribution in [0.1, 0.15) is 32.6 Å². The summed E-state index contributed by atoms with van der Waals surface area (Å²) < 4.78 is 4.58. The van der Waals surface area contributed by atoms with Crippen molar-refractivity contribution < 1.29 is 9.53 Å². The second kappa shape index (κ2) is 9.04. The molecule has 0 aliphatic heterocycles. The highest BCUT2D eigenvalue weighted by molar-refractivity contribution is 5.36. The van der Waals surface area contributed by atoms with Crippen molar-refractivity contribution in [3.63, 3.8) is 0 Å². The fourth-order valence-electron chi connectivity index (χ4n) is 1.10. The summed E-state index contributed by atoms with van der Waals surface area (Å²) in [6.45, 7) is 6.79. The van der Waals surface area contributed by atoms with Crippen LogP contribution in [0.2, 0.25) is 0 Å². The van der Waals surface area contributed by atoms with Gasteiger partial charge < -0.3 is 4.74 Å². The summed E-state index contributed by atoms with van der Waals surface area (Å²) in [5.74, 6) is 0. The lowest BCUT2D eigenvalue weighted by Gasteiger charge is -2.01. The van der Waals surface area contributed by atoms with Gasteiger partial charge in [0.1, 0.15) is 0 Å². The SMILES string of the molecule is C=C/C(=C\C)CCCCCOC=O. The molecule has 2 heteroatoms. The van der Waals surface area contributed by atoms with Crippen molar-refractivity contribution in [2.75, 3.05) is 6.61 Å². The van der Waals surface area contributed by atoms with E-state index in [1.54, 1.807) is 0 Å². The Bertz CT molecular complexity index is 171. The van der Waals surface area contributed by atoms with Gasteiger partial charge in [-0.05, 0) is 32.6 Å². The number of unbranched alkanes of at least 4 members (excludes halogenated alkanes) is 2. The Kier molecular flexibility index (Phi) is 8.31. The largest absolute Gasteiger partial charge is 0.468 e. The first-order chi connectivity index (χ1) is 6.35. The molecule has 0 aromatic carbocycles. The van der Waals surface area contributed by atoms with E-state index in [-0.39, 0.29) is 0 Å². The molecule has 0 aromatic heterocycles. The predicted octanol–water partition coefficient (Wildman–Crippen LogP) is 2.85. The topological polar surface area (TPSA) is 26.3 Å². The zero-order valence-corrected chi connectivity index (χ0v) is 8.29. The van der Waals surface area contributed by atoms with E-state index in [9.17, 15) is 4.79 Å². The molecule has 2 nitrogen and oxygen atoms in total. The van der Waals surface area contributed by atoms with Gasteiger partial charge in [-0.3, -0.25) is 4.79 Å². The zero-order chi connectivity index (χ0) is 9.94. The Balaban J connectivity index is 3.24. The molecule has 0 aliphatic rings. The summed E-state index contributed by atoms with van der Waals surface area (Å²) in [6, 6.07) is 0. The minimum atomic E-state index is 0.501. The van der Waals surface area contributed by atoms with Crippen LogP contribution < -0.4 is 0 Å². The van der Waals surface area contributed by atoms with Gasteiger partial charge in [-0.15, -0.1) is 0 Å². The number of hydrogen-bond acceptors (Lipinski definition) is 2. The normalized spacial score (nSPS) is 11.0. The van der Waals surface area contributed by atoms with Crippen molar-refractivity contribution >= 4 is 6.47 Å². The minimum absolute atomic E-state index is 0.501. The van der Waals surface area contributed by atoms with Gasteiger partial charge >= 0.3 is 0 Å². The Hall–Kier alpha value is -1.05. The van der Waals surface area contributed by atoms with Crippen LogP contribution in [-0.4, -0.2) is 13.1 Å². The molecule has 0 saturated carbocycles. The highest BCUT2D eigenvalue weighted by Crippen LogP contribution is 2.09. The third kappa shape index (κ3) is 7.32. The lowest BCUT2D eigenvalue weighted by molar-refractivity contribution is -0.128. The van der Waals surface area contributed by atoms with Gasteiger partial charge in [0.15, 0.2) is 0 Å². The first-order valence-electron chi connectivity index (χ1n) is 4.68. The van der Waals surface area contributed by atoms with Gasteiger partial charge in [-0.25, -0.2) is 0 Å². The average Bonchev–Trinajstić information content (AvgIpc) is 2.17. The van der Waals surface area contributed by atoms with E-state index in [0.717, 1.165) is 25.7 Å². The molecule has 0 unspecified atom stereocenters. The highest BCUT2D eigenvalue weighted by Gasteiger charge is 1.92. The Morgan fingerprint density at radius 1 is 1.38 bits per heavy atom. The summed E-state index contributed by atoms with van der Waals surface area (Å²) in [7, 11) is 0.